The van der Waals surface area contributed by atoms with E-state index in [4.69, 9.17) is 4.74 Å². The number of carbonyl (C=O) groups is 1. The second-order valence-electron chi connectivity index (χ2n) is 7.02. The summed E-state index contributed by atoms with van der Waals surface area (Å²) in [5.74, 6) is 0.318. The fourth-order valence-corrected chi connectivity index (χ4v) is 3.14. The molecule has 30 heavy (non-hydrogen) atoms. The lowest BCUT2D eigenvalue weighted by Gasteiger charge is -2.19. The molecule has 1 aromatic heterocycles. The highest BCUT2D eigenvalue weighted by Gasteiger charge is 2.16. The van der Waals surface area contributed by atoms with Crippen LogP contribution >= 0.6 is 0 Å². The van der Waals surface area contributed by atoms with Crippen molar-refractivity contribution < 1.29 is 9.53 Å². The minimum atomic E-state index is -0.270. The van der Waals surface area contributed by atoms with E-state index in [9.17, 15) is 4.79 Å². The molecule has 0 aliphatic heterocycles. The molecule has 0 saturated heterocycles. The molecule has 0 atom stereocenters. The van der Waals surface area contributed by atoms with Crippen LogP contribution in [0.1, 0.15) is 33.2 Å². The first kappa shape index (κ1) is 19.4. The Morgan fingerprint density at radius 3 is 1.93 bits per heavy atom. The molecule has 4 rings (SSSR count). The number of rotatable bonds is 6. The summed E-state index contributed by atoms with van der Waals surface area (Å²) in [5, 5.41) is 2.86. The molecule has 0 unspecified atom stereocenters. The third-order valence-electron chi connectivity index (χ3n) is 4.75. The molecule has 0 fully saturated rings. The number of ether oxygens (including phenoxy) is 1. The number of aromatic nitrogens is 1. The molecule has 0 bridgehead atoms. The molecule has 4 heteroatoms. The molecule has 148 valence electrons. The van der Waals surface area contributed by atoms with E-state index < -0.39 is 0 Å². The third kappa shape index (κ3) is 4.73. The highest BCUT2D eigenvalue weighted by atomic mass is 16.5. The first-order chi connectivity index (χ1) is 14.7. The number of amides is 1. The first-order valence-corrected chi connectivity index (χ1v) is 9.80. The van der Waals surface area contributed by atoms with Crippen LogP contribution in [-0.4, -0.2) is 10.9 Å². The van der Waals surface area contributed by atoms with Crippen molar-refractivity contribution in [3.05, 3.63) is 126 Å². The Hall–Kier alpha value is -3.92. The van der Waals surface area contributed by atoms with Crippen molar-refractivity contribution >= 4 is 11.6 Å². The van der Waals surface area contributed by atoms with Gasteiger partial charge in [0.15, 0.2) is 6.10 Å². The van der Waals surface area contributed by atoms with Crippen molar-refractivity contribution in [2.45, 2.75) is 13.0 Å². The van der Waals surface area contributed by atoms with Gasteiger partial charge in [-0.05, 0) is 36.2 Å². The largest absolute Gasteiger partial charge is 0.465 e. The van der Waals surface area contributed by atoms with Gasteiger partial charge in [0.25, 0.3) is 5.91 Å². The van der Waals surface area contributed by atoms with Crippen LogP contribution < -0.4 is 10.1 Å². The fraction of sp³-hybridized carbons (Fsp3) is 0.0769. The molecule has 1 heterocycles. The smallest absolute Gasteiger partial charge is 0.255 e. The zero-order chi connectivity index (χ0) is 20.8. The quantitative estimate of drug-likeness (QED) is 0.449. The summed E-state index contributed by atoms with van der Waals surface area (Å²) in [5.41, 5.74) is 4.42. The van der Waals surface area contributed by atoms with E-state index >= 15 is 0 Å². The molecule has 0 aliphatic rings. The summed E-state index contributed by atoms with van der Waals surface area (Å²) in [6.07, 6.45) is 1.34. The van der Waals surface area contributed by atoms with Gasteiger partial charge in [-0.2, -0.15) is 0 Å². The van der Waals surface area contributed by atoms with Crippen LogP contribution in [0.4, 0.5) is 5.69 Å². The third-order valence-corrected chi connectivity index (χ3v) is 4.75. The highest BCUT2D eigenvalue weighted by Crippen LogP contribution is 2.27. The zero-order valence-corrected chi connectivity index (χ0v) is 16.7. The second kappa shape index (κ2) is 9.05. The zero-order valence-electron chi connectivity index (χ0n) is 16.7. The van der Waals surface area contributed by atoms with Gasteiger partial charge in [0.05, 0.1) is 11.9 Å². The number of hydrogen-bond donors (Lipinski definition) is 1. The summed E-state index contributed by atoms with van der Waals surface area (Å²) in [7, 11) is 0. The summed E-state index contributed by atoms with van der Waals surface area (Å²) >= 11 is 0. The van der Waals surface area contributed by atoms with Crippen molar-refractivity contribution in [3.8, 4) is 5.88 Å². The molecule has 1 N–H and O–H groups in total. The molecule has 0 saturated carbocycles. The van der Waals surface area contributed by atoms with Crippen LogP contribution in [0.15, 0.2) is 103 Å². The highest BCUT2D eigenvalue weighted by molar-refractivity contribution is 6.04. The number of anilines is 1. The molecule has 0 aliphatic carbocycles. The lowest BCUT2D eigenvalue weighted by molar-refractivity contribution is 0.102. The van der Waals surface area contributed by atoms with E-state index in [0.29, 0.717) is 17.1 Å². The van der Waals surface area contributed by atoms with E-state index in [0.717, 1.165) is 16.7 Å². The van der Waals surface area contributed by atoms with Crippen LogP contribution in [0.2, 0.25) is 0 Å². The standard InChI is InChI=1S/C26H22N2O2/c1-19-12-14-22(15-13-19)26(29)28-23-16-17-24(27-18-23)30-25(20-8-4-2-5-9-20)21-10-6-3-7-11-21/h2-18,25H,1H3,(H,28,29). The molecule has 1 amide bonds. The maximum atomic E-state index is 12.4. The van der Waals surface area contributed by atoms with E-state index in [1.54, 1.807) is 30.5 Å². The molecule has 4 aromatic rings. The summed E-state index contributed by atoms with van der Waals surface area (Å²) in [6, 6.07) is 31.1. The SMILES string of the molecule is Cc1ccc(C(=O)Nc2ccc(OC(c3ccccc3)c3ccccc3)nc2)cc1. The average Bonchev–Trinajstić information content (AvgIpc) is 2.80. The van der Waals surface area contributed by atoms with E-state index in [2.05, 4.69) is 10.3 Å². The molecule has 0 spiro atoms. The number of hydrogen-bond acceptors (Lipinski definition) is 3. The number of aryl methyl sites for hydroxylation is 1. The lowest BCUT2D eigenvalue weighted by atomic mass is 10.0. The van der Waals surface area contributed by atoms with Gasteiger partial charge in [-0.1, -0.05) is 78.4 Å². The fourth-order valence-electron chi connectivity index (χ4n) is 3.14. The minimum Gasteiger partial charge on any atom is -0.465 e. The maximum Gasteiger partial charge on any atom is 0.255 e. The average molecular weight is 394 g/mol. The number of nitrogens with zero attached hydrogens (tertiary/aromatic N) is 1. The Bertz CT molecular complexity index is 1050. The van der Waals surface area contributed by atoms with Gasteiger partial charge in [0, 0.05) is 11.6 Å². The van der Waals surface area contributed by atoms with E-state index in [-0.39, 0.29) is 12.0 Å². The van der Waals surface area contributed by atoms with Crippen molar-refractivity contribution in [2.24, 2.45) is 0 Å². The molecular formula is C26H22N2O2. The van der Waals surface area contributed by atoms with Crippen LogP contribution in [0.5, 0.6) is 5.88 Å². The predicted molar refractivity (Wildman–Crippen MR) is 119 cm³/mol. The number of benzene rings is 3. The minimum absolute atomic E-state index is 0.170. The van der Waals surface area contributed by atoms with Crippen LogP contribution in [0, 0.1) is 6.92 Å². The number of pyridine rings is 1. The van der Waals surface area contributed by atoms with Gasteiger partial charge >= 0.3 is 0 Å². The predicted octanol–water partition coefficient (Wildman–Crippen LogP) is 5.81. The van der Waals surface area contributed by atoms with Crippen LogP contribution in [0.3, 0.4) is 0 Å². The van der Waals surface area contributed by atoms with Gasteiger partial charge in [0.1, 0.15) is 0 Å². The van der Waals surface area contributed by atoms with Gasteiger partial charge in [0.2, 0.25) is 5.88 Å². The van der Waals surface area contributed by atoms with Gasteiger partial charge in [-0.25, -0.2) is 4.98 Å². The maximum absolute atomic E-state index is 12.4. The topological polar surface area (TPSA) is 51.2 Å². The summed E-state index contributed by atoms with van der Waals surface area (Å²) in [6.45, 7) is 1.99. The molecular weight excluding hydrogens is 372 g/mol. The normalized spacial score (nSPS) is 10.6. The Balaban J connectivity index is 1.50. The van der Waals surface area contributed by atoms with Crippen LogP contribution in [0.25, 0.3) is 0 Å². The Kier molecular flexibility index (Phi) is 5.85. The first-order valence-electron chi connectivity index (χ1n) is 9.80. The molecule has 3 aromatic carbocycles. The molecule has 0 radical (unpaired) electrons. The number of carbonyl (C=O) groups excluding carboxylic acids is 1. The summed E-state index contributed by atoms with van der Waals surface area (Å²) < 4.78 is 6.22. The van der Waals surface area contributed by atoms with Crippen molar-refractivity contribution in [2.75, 3.05) is 5.32 Å². The van der Waals surface area contributed by atoms with Gasteiger partial charge < -0.3 is 10.1 Å². The van der Waals surface area contributed by atoms with Crippen molar-refractivity contribution in [1.82, 2.24) is 4.98 Å². The summed E-state index contributed by atoms with van der Waals surface area (Å²) in [4.78, 5) is 16.8. The Labute approximate surface area is 176 Å². The second-order valence-corrected chi connectivity index (χ2v) is 7.02. The van der Waals surface area contributed by atoms with Gasteiger partial charge in [-0.15, -0.1) is 0 Å². The van der Waals surface area contributed by atoms with E-state index in [1.165, 1.54) is 0 Å². The Morgan fingerprint density at radius 2 is 1.40 bits per heavy atom. The van der Waals surface area contributed by atoms with Crippen LogP contribution in [-0.2, 0) is 0 Å². The monoisotopic (exact) mass is 394 g/mol. The van der Waals surface area contributed by atoms with Crippen molar-refractivity contribution in [1.29, 1.82) is 0 Å². The lowest BCUT2D eigenvalue weighted by Crippen LogP contribution is -2.13. The van der Waals surface area contributed by atoms with Gasteiger partial charge in [-0.3, -0.25) is 4.79 Å². The Morgan fingerprint density at radius 1 is 0.800 bits per heavy atom. The van der Waals surface area contributed by atoms with E-state index in [1.807, 2.05) is 79.7 Å². The number of nitrogens with one attached hydrogen (secondary N) is 1. The van der Waals surface area contributed by atoms with Crippen molar-refractivity contribution in [3.63, 3.8) is 0 Å². The molecule has 4 nitrogen and oxygen atoms in total.